The molecule has 0 aliphatic rings. The monoisotopic (exact) mass is 463 g/mol. The van der Waals surface area contributed by atoms with Crippen LogP contribution in [-0.2, 0) is 35.4 Å². The fraction of sp³-hybridized carbons (Fsp3) is 0.318. The van der Waals surface area contributed by atoms with Crippen LogP contribution in [0.1, 0.15) is 38.8 Å². The molecular weight excluding hydrogens is 438 g/mol. The minimum absolute atomic E-state index is 0.00584. The molecule has 2 aromatic rings. The van der Waals surface area contributed by atoms with Crippen molar-refractivity contribution in [1.82, 2.24) is 4.72 Å². The lowest BCUT2D eigenvalue weighted by molar-refractivity contribution is -0.145. The van der Waals surface area contributed by atoms with Crippen molar-refractivity contribution in [2.45, 2.75) is 31.2 Å². The SMILES string of the molecule is CCOC(=O)C(Cc1ccc(C(=O)OC)c(C(=O)OC)c1)NS(=O)(=O)c1ccc(C)cc1. The van der Waals surface area contributed by atoms with E-state index in [9.17, 15) is 22.8 Å². The topological polar surface area (TPSA) is 125 Å². The van der Waals surface area contributed by atoms with Crippen molar-refractivity contribution in [3.8, 4) is 0 Å². The molecule has 0 fully saturated rings. The maximum Gasteiger partial charge on any atom is 0.338 e. The molecule has 9 nitrogen and oxygen atoms in total. The Morgan fingerprint density at radius 2 is 1.53 bits per heavy atom. The van der Waals surface area contributed by atoms with Crippen LogP contribution < -0.4 is 4.72 Å². The van der Waals surface area contributed by atoms with Crippen molar-refractivity contribution in [3.63, 3.8) is 0 Å². The van der Waals surface area contributed by atoms with Crippen molar-refractivity contribution in [3.05, 3.63) is 64.7 Å². The normalized spacial score (nSPS) is 12.0. The van der Waals surface area contributed by atoms with Gasteiger partial charge in [-0.25, -0.2) is 18.0 Å². The molecule has 172 valence electrons. The van der Waals surface area contributed by atoms with Crippen molar-refractivity contribution < 1.29 is 37.0 Å². The summed E-state index contributed by atoms with van der Waals surface area (Å²) < 4.78 is 42.4. The van der Waals surface area contributed by atoms with Crippen LogP contribution in [0.15, 0.2) is 47.4 Å². The van der Waals surface area contributed by atoms with E-state index >= 15 is 0 Å². The van der Waals surface area contributed by atoms with E-state index in [2.05, 4.69) is 9.46 Å². The number of ether oxygens (including phenoxy) is 3. The highest BCUT2D eigenvalue weighted by Gasteiger charge is 2.28. The third-order valence-electron chi connectivity index (χ3n) is 4.53. The summed E-state index contributed by atoms with van der Waals surface area (Å²) in [5.41, 5.74) is 1.20. The third-order valence-corrected chi connectivity index (χ3v) is 6.02. The Balaban J connectivity index is 2.40. The zero-order valence-corrected chi connectivity index (χ0v) is 19.0. The summed E-state index contributed by atoms with van der Waals surface area (Å²) in [5, 5.41) is 0. The molecule has 0 spiro atoms. The molecule has 0 saturated carbocycles. The summed E-state index contributed by atoms with van der Waals surface area (Å²) in [6.07, 6.45) is -0.130. The van der Waals surface area contributed by atoms with Crippen LogP contribution in [0.4, 0.5) is 0 Å². The number of carbonyl (C=O) groups is 3. The first kappa shape index (κ1) is 25.0. The molecule has 0 aromatic heterocycles. The fourth-order valence-corrected chi connectivity index (χ4v) is 4.09. The van der Waals surface area contributed by atoms with Gasteiger partial charge in [-0.05, 0) is 50.1 Å². The standard InChI is InChI=1S/C22H25NO8S/c1-5-31-22(26)19(23-32(27,28)16-9-6-14(2)7-10-16)13-15-8-11-17(20(24)29-3)18(12-15)21(25)30-4/h6-12,19,23H,5,13H2,1-4H3. The molecule has 1 unspecified atom stereocenters. The van der Waals surface area contributed by atoms with Gasteiger partial charge in [0.05, 0.1) is 36.8 Å². The number of hydrogen-bond acceptors (Lipinski definition) is 8. The number of esters is 3. The van der Waals surface area contributed by atoms with E-state index in [1.807, 2.05) is 6.92 Å². The quantitative estimate of drug-likeness (QED) is 0.442. The third kappa shape index (κ3) is 6.14. The van der Waals surface area contributed by atoms with Gasteiger partial charge in [0.2, 0.25) is 10.0 Å². The van der Waals surface area contributed by atoms with Gasteiger partial charge in [-0.3, -0.25) is 4.79 Å². The highest BCUT2D eigenvalue weighted by molar-refractivity contribution is 7.89. The number of aryl methyl sites for hydroxylation is 1. The summed E-state index contributed by atoms with van der Waals surface area (Å²) >= 11 is 0. The van der Waals surface area contributed by atoms with E-state index in [0.29, 0.717) is 5.56 Å². The Labute approximate surface area is 186 Å². The smallest absolute Gasteiger partial charge is 0.338 e. The molecule has 10 heteroatoms. The van der Waals surface area contributed by atoms with E-state index in [1.54, 1.807) is 19.1 Å². The van der Waals surface area contributed by atoms with E-state index in [0.717, 1.165) is 12.7 Å². The highest BCUT2D eigenvalue weighted by Crippen LogP contribution is 2.18. The number of carbonyl (C=O) groups excluding carboxylic acids is 3. The van der Waals surface area contributed by atoms with Gasteiger partial charge in [0, 0.05) is 0 Å². The molecule has 0 radical (unpaired) electrons. The van der Waals surface area contributed by atoms with E-state index in [4.69, 9.17) is 9.47 Å². The van der Waals surface area contributed by atoms with Crippen LogP contribution in [-0.4, -0.2) is 53.2 Å². The molecule has 0 aliphatic heterocycles. The lowest BCUT2D eigenvalue weighted by atomic mass is 9.99. The average Bonchev–Trinajstić information content (AvgIpc) is 2.77. The maximum atomic E-state index is 12.8. The van der Waals surface area contributed by atoms with Crippen LogP contribution in [0.5, 0.6) is 0 Å². The van der Waals surface area contributed by atoms with Crippen molar-refractivity contribution in [1.29, 1.82) is 0 Å². The molecule has 0 amide bonds. The average molecular weight is 464 g/mol. The summed E-state index contributed by atoms with van der Waals surface area (Å²) in [7, 11) is -1.70. The van der Waals surface area contributed by atoms with Crippen molar-refractivity contribution in [2.75, 3.05) is 20.8 Å². The lowest BCUT2D eigenvalue weighted by Gasteiger charge is -2.18. The maximum absolute atomic E-state index is 12.8. The fourth-order valence-electron chi connectivity index (χ4n) is 2.91. The van der Waals surface area contributed by atoms with E-state index in [-0.39, 0.29) is 29.1 Å². The Morgan fingerprint density at radius 1 is 0.938 bits per heavy atom. The number of benzene rings is 2. The van der Waals surface area contributed by atoms with Gasteiger partial charge >= 0.3 is 17.9 Å². The molecule has 2 rings (SSSR count). The Bertz CT molecular complexity index is 1090. The second-order valence-electron chi connectivity index (χ2n) is 6.81. The van der Waals surface area contributed by atoms with Crippen molar-refractivity contribution >= 4 is 27.9 Å². The summed E-state index contributed by atoms with van der Waals surface area (Å²) in [5.74, 6) is -2.29. The first-order valence-electron chi connectivity index (χ1n) is 9.68. The molecule has 32 heavy (non-hydrogen) atoms. The predicted octanol–water partition coefficient (Wildman–Crippen LogP) is 2.02. The minimum Gasteiger partial charge on any atom is -0.465 e. The van der Waals surface area contributed by atoms with E-state index in [1.165, 1.54) is 37.4 Å². The number of methoxy groups -OCH3 is 2. The lowest BCUT2D eigenvalue weighted by Crippen LogP contribution is -2.43. The molecule has 1 atom stereocenters. The molecule has 0 bridgehead atoms. The number of sulfonamides is 1. The van der Waals surface area contributed by atoms with Crippen LogP contribution in [0, 0.1) is 6.92 Å². The van der Waals surface area contributed by atoms with Gasteiger partial charge in [0.1, 0.15) is 6.04 Å². The predicted molar refractivity (Wildman–Crippen MR) is 115 cm³/mol. The Kier molecular flexibility index (Phi) is 8.50. The summed E-state index contributed by atoms with van der Waals surface area (Å²) in [4.78, 5) is 36.6. The Morgan fingerprint density at radius 3 is 2.09 bits per heavy atom. The summed E-state index contributed by atoms with van der Waals surface area (Å²) in [6, 6.07) is 9.07. The number of hydrogen-bond donors (Lipinski definition) is 1. The minimum atomic E-state index is -4.03. The van der Waals surface area contributed by atoms with Gasteiger partial charge < -0.3 is 14.2 Å². The molecule has 0 heterocycles. The number of rotatable bonds is 9. The first-order chi connectivity index (χ1) is 15.1. The molecule has 0 aliphatic carbocycles. The second kappa shape index (κ2) is 10.9. The van der Waals surface area contributed by atoms with Crippen LogP contribution in [0.25, 0.3) is 0 Å². The van der Waals surface area contributed by atoms with Crippen LogP contribution in [0.3, 0.4) is 0 Å². The van der Waals surface area contributed by atoms with Gasteiger partial charge in [-0.2, -0.15) is 4.72 Å². The highest BCUT2D eigenvalue weighted by atomic mass is 32.2. The van der Waals surface area contributed by atoms with Crippen LogP contribution in [0.2, 0.25) is 0 Å². The van der Waals surface area contributed by atoms with E-state index < -0.39 is 34.0 Å². The van der Waals surface area contributed by atoms with Crippen LogP contribution >= 0.6 is 0 Å². The molecule has 1 N–H and O–H groups in total. The van der Waals surface area contributed by atoms with Gasteiger partial charge in [0.15, 0.2) is 0 Å². The largest absolute Gasteiger partial charge is 0.465 e. The molecular formula is C22H25NO8S. The van der Waals surface area contributed by atoms with Crippen molar-refractivity contribution in [2.24, 2.45) is 0 Å². The first-order valence-corrected chi connectivity index (χ1v) is 11.2. The zero-order valence-electron chi connectivity index (χ0n) is 18.2. The molecule has 0 saturated heterocycles. The van der Waals surface area contributed by atoms with Gasteiger partial charge in [-0.15, -0.1) is 0 Å². The Hall–Kier alpha value is -3.24. The van der Waals surface area contributed by atoms with Gasteiger partial charge in [0.25, 0.3) is 0 Å². The zero-order chi connectivity index (χ0) is 23.9. The molecule has 2 aromatic carbocycles. The second-order valence-corrected chi connectivity index (χ2v) is 8.52. The summed E-state index contributed by atoms with van der Waals surface area (Å²) in [6.45, 7) is 3.47. The number of nitrogens with one attached hydrogen (secondary N) is 1. The van der Waals surface area contributed by atoms with Gasteiger partial charge in [-0.1, -0.05) is 23.8 Å².